The Morgan fingerprint density at radius 2 is 2.00 bits per heavy atom. The lowest BCUT2D eigenvalue weighted by atomic mass is 10.1. The van der Waals surface area contributed by atoms with Crippen LogP contribution in [0.2, 0.25) is 0 Å². The van der Waals surface area contributed by atoms with Crippen LogP contribution in [0.25, 0.3) is 11.1 Å². The zero-order valence-electron chi connectivity index (χ0n) is 11.1. The first kappa shape index (κ1) is 12.5. The van der Waals surface area contributed by atoms with Crippen molar-refractivity contribution in [2.45, 2.75) is 27.7 Å². The smallest absolute Gasteiger partial charge is 0.258 e. The van der Waals surface area contributed by atoms with Gasteiger partial charge in [0.25, 0.3) is 11.6 Å². The second kappa shape index (κ2) is 4.76. The Kier molecular flexibility index (Phi) is 3.32. The minimum atomic E-state index is 0.00167. The van der Waals surface area contributed by atoms with E-state index in [0.29, 0.717) is 30.1 Å². The van der Waals surface area contributed by atoms with Crippen molar-refractivity contribution in [2.24, 2.45) is 0 Å². The molecule has 0 N–H and O–H groups in total. The third-order valence-corrected chi connectivity index (χ3v) is 3.03. The normalized spacial score (nSPS) is 10.9. The second-order valence-corrected chi connectivity index (χ2v) is 4.24. The lowest BCUT2D eigenvalue weighted by Gasteiger charge is -2.19. The van der Waals surface area contributed by atoms with E-state index in [1.165, 1.54) is 0 Å². The lowest BCUT2D eigenvalue weighted by Crippen LogP contribution is -2.30. The van der Waals surface area contributed by atoms with Gasteiger partial charge in [-0.15, -0.1) is 0 Å². The highest BCUT2D eigenvalue weighted by molar-refractivity contribution is 6.06. The van der Waals surface area contributed by atoms with Crippen LogP contribution in [0.1, 0.15) is 35.6 Å². The van der Waals surface area contributed by atoms with E-state index in [4.69, 9.17) is 4.52 Å². The van der Waals surface area contributed by atoms with Gasteiger partial charge < -0.3 is 9.42 Å². The molecule has 2 rings (SSSR count). The number of aryl methyl sites for hydroxylation is 2. The third-order valence-electron chi connectivity index (χ3n) is 3.03. The summed E-state index contributed by atoms with van der Waals surface area (Å²) in [6, 6.07) is 1.80. The minimum Gasteiger partial charge on any atom is -0.339 e. The van der Waals surface area contributed by atoms with Crippen molar-refractivity contribution in [3.8, 4) is 0 Å². The predicted octanol–water partition coefficient (Wildman–Crippen LogP) is 2.32. The van der Waals surface area contributed by atoms with Crippen LogP contribution in [0.3, 0.4) is 0 Å². The van der Waals surface area contributed by atoms with Crippen LogP contribution in [-0.2, 0) is 0 Å². The van der Waals surface area contributed by atoms with Crippen LogP contribution in [0.4, 0.5) is 0 Å². The molecule has 0 atom stereocenters. The number of rotatable bonds is 3. The van der Waals surface area contributed by atoms with Crippen molar-refractivity contribution < 1.29 is 9.32 Å². The largest absolute Gasteiger partial charge is 0.339 e. The van der Waals surface area contributed by atoms with Crippen molar-refractivity contribution in [3.63, 3.8) is 0 Å². The van der Waals surface area contributed by atoms with Gasteiger partial charge >= 0.3 is 0 Å². The van der Waals surface area contributed by atoms with Crippen molar-refractivity contribution in [3.05, 3.63) is 23.0 Å². The maximum Gasteiger partial charge on any atom is 0.258 e. The fourth-order valence-electron chi connectivity index (χ4n) is 2.07. The summed E-state index contributed by atoms with van der Waals surface area (Å²) < 4.78 is 5.14. The molecule has 0 aliphatic heterocycles. The van der Waals surface area contributed by atoms with Gasteiger partial charge in [-0.25, -0.2) is 4.98 Å². The van der Waals surface area contributed by atoms with Crippen LogP contribution in [-0.4, -0.2) is 34.0 Å². The number of amides is 1. The monoisotopic (exact) mass is 247 g/mol. The van der Waals surface area contributed by atoms with E-state index in [0.717, 1.165) is 11.1 Å². The Morgan fingerprint density at radius 1 is 1.33 bits per heavy atom. The fraction of sp³-hybridized carbons (Fsp3) is 0.462. The molecule has 5 nitrogen and oxygen atoms in total. The van der Waals surface area contributed by atoms with Gasteiger partial charge in [0.15, 0.2) is 0 Å². The van der Waals surface area contributed by atoms with Crippen LogP contribution in [0.5, 0.6) is 0 Å². The van der Waals surface area contributed by atoms with E-state index in [1.807, 2.05) is 27.7 Å². The number of hydrogen-bond donors (Lipinski definition) is 0. The SMILES string of the molecule is CCN(CC)C(=O)c1cc(C)nc2onc(C)c12. The van der Waals surface area contributed by atoms with Crippen molar-refractivity contribution in [1.82, 2.24) is 15.0 Å². The molecule has 1 amide bonds. The number of carbonyl (C=O) groups is 1. The molecule has 96 valence electrons. The van der Waals surface area contributed by atoms with Crippen molar-refractivity contribution in [1.29, 1.82) is 0 Å². The average molecular weight is 247 g/mol. The maximum absolute atomic E-state index is 12.5. The number of pyridine rings is 1. The third kappa shape index (κ3) is 1.96. The highest BCUT2D eigenvalue weighted by Crippen LogP contribution is 2.23. The van der Waals surface area contributed by atoms with Crippen LogP contribution in [0, 0.1) is 13.8 Å². The van der Waals surface area contributed by atoms with Gasteiger partial charge in [-0.2, -0.15) is 0 Å². The summed E-state index contributed by atoms with van der Waals surface area (Å²) in [6.07, 6.45) is 0. The maximum atomic E-state index is 12.5. The zero-order chi connectivity index (χ0) is 13.3. The van der Waals surface area contributed by atoms with Gasteiger partial charge in [0.2, 0.25) is 0 Å². The summed E-state index contributed by atoms with van der Waals surface area (Å²) in [5.41, 5.74) is 2.52. The van der Waals surface area contributed by atoms with E-state index in [1.54, 1.807) is 11.0 Å². The average Bonchev–Trinajstić information content (AvgIpc) is 2.71. The molecule has 18 heavy (non-hydrogen) atoms. The Morgan fingerprint density at radius 3 is 2.61 bits per heavy atom. The van der Waals surface area contributed by atoms with Crippen LogP contribution >= 0.6 is 0 Å². The number of aromatic nitrogens is 2. The first-order chi connectivity index (χ1) is 8.58. The van der Waals surface area contributed by atoms with Crippen molar-refractivity contribution >= 4 is 17.0 Å². The molecule has 0 unspecified atom stereocenters. The van der Waals surface area contributed by atoms with E-state index in [-0.39, 0.29) is 5.91 Å². The Hall–Kier alpha value is -1.91. The second-order valence-electron chi connectivity index (χ2n) is 4.24. The summed E-state index contributed by atoms with van der Waals surface area (Å²) in [5, 5.41) is 4.60. The first-order valence-corrected chi connectivity index (χ1v) is 6.11. The standard InChI is InChI=1S/C13H17N3O2/c1-5-16(6-2)13(17)10-7-8(3)14-12-11(10)9(4)15-18-12/h7H,5-6H2,1-4H3. The predicted molar refractivity (Wildman–Crippen MR) is 68.5 cm³/mol. The summed E-state index contributed by atoms with van der Waals surface area (Å²) in [7, 11) is 0. The van der Waals surface area contributed by atoms with Gasteiger partial charge in [-0.05, 0) is 33.8 Å². The number of fused-ring (bicyclic) bond motifs is 1. The first-order valence-electron chi connectivity index (χ1n) is 6.11. The molecule has 2 heterocycles. The van der Waals surface area contributed by atoms with E-state index >= 15 is 0 Å². The van der Waals surface area contributed by atoms with E-state index < -0.39 is 0 Å². The Balaban J connectivity index is 2.62. The van der Waals surface area contributed by atoms with Crippen LogP contribution in [0.15, 0.2) is 10.6 Å². The van der Waals surface area contributed by atoms with Crippen LogP contribution < -0.4 is 0 Å². The van der Waals surface area contributed by atoms with E-state index in [9.17, 15) is 4.79 Å². The van der Waals surface area contributed by atoms with E-state index in [2.05, 4.69) is 10.1 Å². The van der Waals surface area contributed by atoms with Gasteiger partial charge in [-0.1, -0.05) is 5.16 Å². The highest BCUT2D eigenvalue weighted by Gasteiger charge is 2.20. The molecule has 0 aromatic carbocycles. The number of carbonyl (C=O) groups excluding carboxylic acids is 1. The minimum absolute atomic E-state index is 0.00167. The molecule has 0 bridgehead atoms. The molecule has 0 radical (unpaired) electrons. The molecular weight excluding hydrogens is 230 g/mol. The van der Waals surface area contributed by atoms with Gasteiger partial charge in [-0.3, -0.25) is 4.79 Å². The summed E-state index contributed by atoms with van der Waals surface area (Å²) >= 11 is 0. The molecule has 0 aliphatic carbocycles. The zero-order valence-corrected chi connectivity index (χ0v) is 11.1. The molecule has 0 aliphatic rings. The quantitative estimate of drug-likeness (QED) is 0.835. The highest BCUT2D eigenvalue weighted by atomic mass is 16.5. The fourth-order valence-corrected chi connectivity index (χ4v) is 2.07. The number of hydrogen-bond acceptors (Lipinski definition) is 4. The molecule has 0 saturated heterocycles. The Bertz CT molecular complexity index is 585. The molecule has 0 fully saturated rings. The topological polar surface area (TPSA) is 59.2 Å². The molecule has 5 heteroatoms. The summed E-state index contributed by atoms with van der Waals surface area (Å²) in [5.74, 6) is 0.00167. The summed E-state index contributed by atoms with van der Waals surface area (Å²) in [4.78, 5) is 18.5. The van der Waals surface area contributed by atoms with Crippen molar-refractivity contribution in [2.75, 3.05) is 13.1 Å². The van der Waals surface area contributed by atoms with Gasteiger partial charge in [0.1, 0.15) is 0 Å². The lowest BCUT2D eigenvalue weighted by molar-refractivity contribution is 0.0774. The summed E-state index contributed by atoms with van der Waals surface area (Å²) in [6.45, 7) is 8.96. The van der Waals surface area contributed by atoms with Gasteiger partial charge in [0, 0.05) is 18.8 Å². The van der Waals surface area contributed by atoms with Gasteiger partial charge in [0.05, 0.1) is 16.6 Å². The molecule has 2 aromatic rings. The Labute approximate surface area is 106 Å². The molecule has 2 aromatic heterocycles. The molecule has 0 spiro atoms. The molecule has 0 saturated carbocycles. The molecular formula is C13H17N3O2. The number of nitrogens with zero attached hydrogens (tertiary/aromatic N) is 3.